The summed E-state index contributed by atoms with van der Waals surface area (Å²) in [5.41, 5.74) is 0.912. The predicted octanol–water partition coefficient (Wildman–Crippen LogP) is 3.18. The van der Waals surface area contributed by atoms with Gasteiger partial charge in [0.1, 0.15) is 23.1 Å². The van der Waals surface area contributed by atoms with Crippen molar-refractivity contribution in [2.45, 2.75) is 6.92 Å². The molecule has 0 atom stereocenters. The molecular formula is C21H20N2O5. The minimum Gasteiger partial charge on any atom is -0.497 e. The number of methoxy groups -OCH3 is 1. The van der Waals surface area contributed by atoms with Crippen LogP contribution in [0.5, 0.6) is 11.5 Å². The van der Waals surface area contributed by atoms with E-state index in [1.54, 1.807) is 62.6 Å². The first-order valence-corrected chi connectivity index (χ1v) is 8.52. The molecule has 0 aromatic heterocycles. The van der Waals surface area contributed by atoms with E-state index < -0.39 is 11.9 Å². The summed E-state index contributed by atoms with van der Waals surface area (Å²) in [5, 5.41) is 12.0. The van der Waals surface area contributed by atoms with Gasteiger partial charge in [-0.15, -0.1) is 0 Å². The molecule has 2 aromatic rings. The Morgan fingerprint density at radius 2 is 1.86 bits per heavy atom. The van der Waals surface area contributed by atoms with Crippen molar-refractivity contribution < 1.29 is 23.8 Å². The van der Waals surface area contributed by atoms with Gasteiger partial charge in [-0.2, -0.15) is 5.26 Å². The van der Waals surface area contributed by atoms with Crippen molar-refractivity contribution in [3.05, 3.63) is 59.7 Å². The van der Waals surface area contributed by atoms with Gasteiger partial charge < -0.3 is 19.5 Å². The number of hydrogen-bond acceptors (Lipinski definition) is 6. The molecule has 0 aliphatic heterocycles. The first-order chi connectivity index (χ1) is 13.6. The van der Waals surface area contributed by atoms with E-state index >= 15 is 0 Å². The largest absolute Gasteiger partial charge is 0.497 e. The molecule has 0 saturated carbocycles. The summed E-state index contributed by atoms with van der Waals surface area (Å²) in [4.78, 5) is 23.9. The fraction of sp³-hybridized carbons (Fsp3) is 0.190. The molecule has 7 heteroatoms. The number of anilines is 1. The summed E-state index contributed by atoms with van der Waals surface area (Å²) in [7, 11) is 1.55. The smallest absolute Gasteiger partial charge is 0.344 e. The number of para-hydroxylation sites is 1. The minimum absolute atomic E-state index is 0.108. The van der Waals surface area contributed by atoms with E-state index in [-0.39, 0.29) is 18.8 Å². The van der Waals surface area contributed by atoms with E-state index in [0.717, 1.165) is 0 Å². The van der Waals surface area contributed by atoms with Crippen LogP contribution in [0.2, 0.25) is 0 Å². The minimum atomic E-state index is -0.562. The fourth-order valence-electron chi connectivity index (χ4n) is 2.25. The molecule has 144 valence electrons. The third kappa shape index (κ3) is 5.88. The Morgan fingerprint density at radius 3 is 2.50 bits per heavy atom. The van der Waals surface area contributed by atoms with Crippen LogP contribution in [0.1, 0.15) is 12.5 Å². The van der Waals surface area contributed by atoms with Crippen LogP contribution in [0.4, 0.5) is 5.69 Å². The second kappa shape index (κ2) is 10.4. The molecule has 0 heterocycles. The maximum atomic E-state index is 12.4. The van der Waals surface area contributed by atoms with Gasteiger partial charge in [0, 0.05) is 11.3 Å². The van der Waals surface area contributed by atoms with Crippen LogP contribution in [0.15, 0.2) is 54.1 Å². The number of carbonyl (C=O) groups excluding carboxylic acids is 2. The van der Waals surface area contributed by atoms with E-state index in [9.17, 15) is 14.9 Å². The molecule has 1 amide bonds. The van der Waals surface area contributed by atoms with Crippen LogP contribution in [0, 0.1) is 11.3 Å². The molecular weight excluding hydrogens is 360 g/mol. The summed E-state index contributed by atoms with van der Waals surface area (Å²) in [5.74, 6) is -0.0471. The fourth-order valence-corrected chi connectivity index (χ4v) is 2.25. The SMILES string of the molecule is CCOC(=O)COc1ccccc1/C=C(\C#N)C(=O)Nc1ccc(OC)cc1. The van der Waals surface area contributed by atoms with E-state index in [4.69, 9.17) is 14.2 Å². The molecule has 1 N–H and O–H groups in total. The zero-order chi connectivity index (χ0) is 20.4. The predicted molar refractivity (Wildman–Crippen MR) is 104 cm³/mol. The van der Waals surface area contributed by atoms with E-state index in [2.05, 4.69) is 5.32 Å². The van der Waals surface area contributed by atoms with Crippen molar-refractivity contribution in [3.63, 3.8) is 0 Å². The van der Waals surface area contributed by atoms with E-state index in [0.29, 0.717) is 22.7 Å². The molecule has 0 saturated heterocycles. The first kappa shape index (κ1) is 20.5. The Labute approximate surface area is 163 Å². The highest BCUT2D eigenvalue weighted by Crippen LogP contribution is 2.22. The van der Waals surface area contributed by atoms with Gasteiger partial charge in [-0.25, -0.2) is 4.79 Å². The van der Waals surface area contributed by atoms with Gasteiger partial charge in [-0.05, 0) is 43.3 Å². The van der Waals surface area contributed by atoms with Crippen LogP contribution < -0.4 is 14.8 Å². The van der Waals surface area contributed by atoms with Crippen molar-refractivity contribution in [2.24, 2.45) is 0 Å². The first-order valence-electron chi connectivity index (χ1n) is 8.52. The summed E-state index contributed by atoms with van der Waals surface area (Å²) in [6.45, 7) is 1.70. The number of esters is 1. The van der Waals surface area contributed by atoms with Crippen LogP contribution in [0.25, 0.3) is 6.08 Å². The number of benzene rings is 2. The Bertz CT molecular complexity index is 898. The lowest BCUT2D eigenvalue weighted by molar-refractivity contribution is -0.145. The average molecular weight is 380 g/mol. The molecule has 0 aliphatic carbocycles. The Kier molecular flexibility index (Phi) is 7.61. The second-order valence-electron chi connectivity index (χ2n) is 5.48. The number of amides is 1. The Hall–Kier alpha value is -3.79. The third-order valence-electron chi connectivity index (χ3n) is 3.58. The standard InChI is InChI=1S/C21H20N2O5/c1-3-27-20(24)14-28-19-7-5-4-6-15(19)12-16(13-22)21(25)23-17-8-10-18(26-2)11-9-17/h4-12H,3,14H2,1-2H3,(H,23,25)/b16-12+. The molecule has 2 aromatic carbocycles. The van der Waals surface area contributed by atoms with Crippen LogP contribution in [0.3, 0.4) is 0 Å². The zero-order valence-corrected chi connectivity index (χ0v) is 15.6. The van der Waals surface area contributed by atoms with Gasteiger partial charge in [0.25, 0.3) is 5.91 Å². The lowest BCUT2D eigenvalue weighted by atomic mass is 10.1. The summed E-state index contributed by atoms with van der Waals surface area (Å²) < 4.78 is 15.3. The number of ether oxygens (including phenoxy) is 3. The Balaban J connectivity index is 2.15. The highest BCUT2D eigenvalue weighted by atomic mass is 16.6. The van der Waals surface area contributed by atoms with Crippen molar-refractivity contribution in [3.8, 4) is 17.6 Å². The highest BCUT2D eigenvalue weighted by molar-refractivity contribution is 6.09. The van der Waals surface area contributed by atoms with Gasteiger partial charge in [0.15, 0.2) is 6.61 Å². The molecule has 0 unspecified atom stereocenters. The summed E-state index contributed by atoms with van der Waals surface area (Å²) in [6, 6.07) is 15.4. The molecule has 0 radical (unpaired) electrons. The molecule has 0 aliphatic rings. The molecule has 28 heavy (non-hydrogen) atoms. The lowest BCUT2D eigenvalue weighted by Crippen LogP contribution is -2.15. The van der Waals surface area contributed by atoms with Crippen molar-refractivity contribution in [1.29, 1.82) is 5.26 Å². The van der Waals surface area contributed by atoms with Crippen molar-refractivity contribution in [2.75, 3.05) is 25.6 Å². The van der Waals surface area contributed by atoms with Crippen LogP contribution in [-0.4, -0.2) is 32.2 Å². The van der Waals surface area contributed by atoms with Gasteiger partial charge in [-0.1, -0.05) is 18.2 Å². The number of nitriles is 1. The summed E-state index contributed by atoms with van der Waals surface area (Å²) >= 11 is 0. The highest BCUT2D eigenvalue weighted by Gasteiger charge is 2.12. The van der Waals surface area contributed by atoms with Gasteiger partial charge >= 0.3 is 5.97 Å². The number of rotatable bonds is 8. The Morgan fingerprint density at radius 1 is 1.14 bits per heavy atom. The average Bonchev–Trinajstić information content (AvgIpc) is 2.71. The number of nitrogens with zero attached hydrogens (tertiary/aromatic N) is 1. The van der Waals surface area contributed by atoms with Crippen molar-refractivity contribution >= 4 is 23.6 Å². The van der Waals surface area contributed by atoms with E-state index in [1.807, 2.05) is 6.07 Å². The third-order valence-corrected chi connectivity index (χ3v) is 3.58. The number of nitrogens with one attached hydrogen (secondary N) is 1. The van der Waals surface area contributed by atoms with Gasteiger partial charge in [0.2, 0.25) is 0 Å². The van der Waals surface area contributed by atoms with Crippen LogP contribution in [-0.2, 0) is 14.3 Å². The monoisotopic (exact) mass is 380 g/mol. The number of carbonyl (C=O) groups is 2. The molecule has 0 spiro atoms. The lowest BCUT2D eigenvalue weighted by Gasteiger charge is -2.09. The summed E-state index contributed by atoms with van der Waals surface area (Å²) in [6.07, 6.45) is 1.40. The van der Waals surface area contributed by atoms with E-state index in [1.165, 1.54) is 6.08 Å². The molecule has 0 fully saturated rings. The van der Waals surface area contributed by atoms with Gasteiger partial charge in [-0.3, -0.25) is 4.79 Å². The molecule has 2 rings (SSSR count). The quantitative estimate of drug-likeness (QED) is 0.429. The van der Waals surface area contributed by atoms with Gasteiger partial charge in [0.05, 0.1) is 13.7 Å². The number of hydrogen-bond donors (Lipinski definition) is 1. The van der Waals surface area contributed by atoms with Crippen molar-refractivity contribution in [1.82, 2.24) is 0 Å². The maximum Gasteiger partial charge on any atom is 0.344 e. The normalized spacial score (nSPS) is 10.5. The maximum absolute atomic E-state index is 12.4. The molecule has 0 bridgehead atoms. The second-order valence-corrected chi connectivity index (χ2v) is 5.48. The topological polar surface area (TPSA) is 97.7 Å². The zero-order valence-electron chi connectivity index (χ0n) is 15.6. The molecule has 7 nitrogen and oxygen atoms in total. The van der Waals surface area contributed by atoms with Crippen LogP contribution >= 0.6 is 0 Å².